The summed E-state index contributed by atoms with van der Waals surface area (Å²) in [5, 5.41) is 0. The van der Waals surface area contributed by atoms with E-state index in [1.807, 2.05) is 0 Å². The van der Waals surface area contributed by atoms with E-state index in [2.05, 4.69) is 4.74 Å². The third-order valence-electron chi connectivity index (χ3n) is 2.01. The molecule has 0 amide bonds. The van der Waals surface area contributed by atoms with Gasteiger partial charge in [-0.3, -0.25) is 4.79 Å². The monoisotopic (exact) mass is 232 g/mol. The molecule has 2 rings (SSSR count). The molecule has 86 valence electrons. The van der Waals surface area contributed by atoms with Crippen LogP contribution in [0.1, 0.15) is 10.4 Å². The number of hydrogen-bond donors (Lipinski definition) is 0. The zero-order chi connectivity index (χ0) is 11.8. The van der Waals surface area contributed by atoms with Crippen LogP contribution < -0.4 is 9.47 Å². The molecule has 0 bridgehead atoms. The number of benzene rings is 1. The molecule has 1 aromatic rings. The number of carbonyl (C=O) groups is 1. The summed E-state index contributed by atoms with van der Waals surface area (Å²) in [5.74, 6) is 0.118. The van der Waals surface area contributed by atoms with Crippen molar-refractivity contribution < 1.29 is 27.4 Å². The van der Waals surface area contributed by atoms with Gasteiger partial charge in [-0.15, -0.1) is 0 Å². The Bertz CT molecular complexity index is 426. The summed E-state index contributed by atoms with van der Waals surface area (Å²) in [4.78, 5) is 11.1. The fourth-order valence-corrected chi connectivity index (χ4v) is 1.33. The minimum absolute atomic E-state index is 0.0331. The summed E-state index contributed by atoms with van der Waals surface area (Å²) in [6, 6.07) is 4.00. The summed E-state index contributed by atoms with van der Waals surface area (Å²) in [6.45, 7) is -1.43. The molecule has 0 unspecified atom stereocenters. The number of halogens is 3. The van der Waals surface area contributed by atoms with Crippen LogP contribution in [0.25, 0.3) is 0 Å². The van der Waals surface area contributed by atoms with Crippen molar-refractivity contribution in [1.82, 2.24) is 0 Å². The van der Waals surface area contributed by atoms with E-state index in [4.69, 9.17) is 4.74 Å². The molecule has 0 aromatic heterocycles. The van der Waals surface area contributed by atoms with E-state index in [0.29, 0.717) is 5.56 Å². The number of ether oxygens (including phenoxy) is 2. The minimum Gasteiger partial charge on any atom is -0.485 e. The third kappa shape index (κ3) is 2.26. The Morgan fingerprint density at radius 3 is 2.81 bits per heavy atom. The van der Waals surface area contributed by atoms with Crippen molar-refractivity contribution in [3.8, 4) is 11.5 Å². The van der Waals surface area contributed by atoms with Crippen LogP contribution in [0.2, 0.25) is 0 Å². The van der Waals surface area contributed by atoms with Crippen LogP contribution in [-0.2, 0) is 0 Å². The van der Waals surface area contributed by atoms with Crippen LogP contribution in [0, 0.1) is 0 Å². The number of Topliss-reactive ketones (excluding diaryl/α,β-unsaturated/α-hetero) is 1. The Morgan fingerprint density at radius 2 is 2.12 bits per heavy atom. The molecule has 3 nitrogen and oxygen atoms in total. The largest absolute Gasteiger partial charge is 0.485 e. The molecule has 1 aliphatic rings. The lowest BCUT2D eigenvalue weighted by Gasteiger charge is -2.09. The number of carbonyl (C=O) groups excluding carboxylic acids is 1. The van der Waals surface area contributed by atoms with E-state index < -0.39 is 12.8 Å². The number of alkyl halides is 3. The van der Waals surface area contributed by atoms with Crippen LogP contribution in [0.15, 0.2) is 18.2 Å². The summed E-state index contributed by atoms with van der Waals surface area (Å²) in [5.41, 5.74) is 0.374. The quantitative estimate of drug-likeness (QED) is 0.784. The van der Waals surface area contributed by atoms with E-state index in [9.17, 15) is 18.0 Å². The van der Waals surface area contributed by atoms with E-state index >= 15 is 0 Å². The van der Waals surface area contributed by atoms with Crippen LogP contribution in [-0.4, -0.2) is 25.2 Å². The summed E-state index contributed by atoms with van der Waals surface area (Å²) in [6.07, 6.45) is -4.38. The topological polar surface area (TPSA) is 35.5 Å². The van der Waals surface area contributed by atoms with Crippen molar-refractivity contribution in [2.45, 2.75) is 6.18 Å². The summed E-state index contributed by atoms with van der Waals surface area (Å²) < 4.78 is 45.1. The van der Waals surface area contributed by atoms with Crippen molar-refractivity contribution in [1.29, 1.82) is 0 Å². The first kappa shape index (κ1) is 10.8. The lowest BCUT2D eigenvalue weighted by molar-refractivity contribution is -0.153. The zero-order valence-corrected chi connectivity index (χ0v) is 8.00. The van der Waals surface area contributed by atoms with Gasteiger partial charge >= 0.3 is 6.18 Å². The van der Waals surface area contributed by atoms with Gasteiger partial charge in [0.15, 0.2) is 13.2 Å². The lowest BCUT2D eigenvalue weighted by Crippen LogP contribution is -2.19. The van der Waals surface area contributed by atoms with Gasteiger partial charge in [0.2, 0.25) is 5.78 Å². The maximum atomic E-state index is 11.9. The van der Waals surface area contributed by atoms with Crippen molar-refractivity contribution >= 4 is 5.78 Å². The zero-order valence-electron chi connectivity index (χ0n) is 8.00. The summed E-state index contributed by atoms with van der Waals surface area (Å²) in [7, 11) is 0. The Labute approximate surface area is 88.8 Å². The second kappa shape index (κ2) is 3.70. The van der Waals surface area contributed by atoms with E-state index in [-0.39, 0.29) is 23.9 Å². The van der Waals surface area contributed by atoms with Gasteiger partial charge in [0.1, 0.15) is 11.5 Å². The fourth-order valence-electron chi connectivity index (χ4n) is 1.33. The maximum Gasteiger partial charge on any atom is 0.422 e. The SMILES string of the molecule is O=C1COc2cc(OCC(F)(F)F)ccc21. The maximum absolute atomic E-state index is 11.9. The van der Waals surface area contributed by atoms with Gasteiger partial charge in [-0.2, -0.15) is 13.2 Å². The molecule has 0 saturated carbocycles. The normalized spacial score (nSPS) is 14.6. The molecule has 0 N–H and O–H groups in total. The number of fused-ring (bicyclic) bond motifs is 1. The van der Waals surface area contributed by atoms with Crippen LogP contribution >= 0.6 is 0 Å². The number of rotatable bonds is 2. The molecular weight excluding hydrogens is 225 g/mol. The van der Waals surface area contributed by atoms with Crippen LogP contribution in [0.3, 0.4) is 0 Å². The van der Waals surface area contributed by atoms with Gasteiger partial charge in [0, 0.05) is 6.07 Å². The standard InChI is InChI=1S/C10H7F3O3/c11-10(12,13)5-16-6-1-2-7-8(14)4-15-9(7)3-6/h1-3H,4-5H2. The highest BCUT2D eigenvalue weighted by molar-refractivity contribution is 6.02. The molecule has 1 aliphatic heterocycles. The Hall–Kier alpha value is -1.72. The van der Waals surface area contributed by atoms with Gasteiger partial charge in [-0.05, 0) is 12.1 Å². The van der Waals surface area contributed by atoms with Crippen molar-refractivity contribution in [3.05, 3.63) is 23.8 Å². The van der Waals surface area contributed by atoms with Gasteiger partial charge in [-0.25, -0.2) is 0 Å². The molecule has 1 heterocycles. The molecule has 16 heavy (non-hydrogen) atoms. The predicted octanol–water partition coefficient (Wildman–Crippen LogP) is 2.20. The van der Waals surface area contributed by atoms with Gasteiger partial charge in [0.05, 0.1) is 5.56 Å². The second-order valence-electron chi connectivity index (χ2n) is 3.27. The smallest absolute Gasteiger partial charge is 0.422 e. The first-order chi connectivity index (χ1) is 7.46. The van der Waals surface area contributed by atoms with E-state index in [0.717, 1.165) is 0 Å². The first-order valence-electron chi connectivity index (χ1n) is 4.45. The van der Waals surface area contributed by atoms with Crippen molar-refractivity contribution in [2.75, 3.05) is 13.2 Å². The van der Waals surface area contributed by atoms with Gasteiger partial charge in [-0.1, -0.05) is 0 Å². The number of hydrogen-bond acceptors (Lipinski definition) is 3. The highest BCUT2D eigenvalue weighted by atomic mass is 19.4. The minimum atomic E-state index is -4.38. The average molecular weight is 232 g/mol. The van der Waals surface area contributed by atoms with Crippen molar-refractivity contribution in [2.24, 2.45) is 0 Å². The van der Waals surface area contributed by atoms with E-state index in [1.54, 1.807) is 0 Å². The molecule has 1 aromatic carbocycles. The Kier molecular flexibility index (Phi) is 2.49. The Morgan fingerprint density at radius 1 is 1.38 bits per heavy atom. The summed E-state index contributed by atoms with van der Waals surface area (Å²) >= 11 is 0. The predicted molar refractivity (Wildman–Crippen MR) is 47.8 cm³/mol. The molecule has 0 spiro atoms. The second-order valence-corrected chi connectivity index (χ2v) is 3.27. The molecule has 0 saturated heterocycles. The molecule has 0 fully saturated rings. The van der Waals surface area contributed by atoms with Gasteiger partial charge in [0.25, 0.3) is 0 Å². The number of ketones is 1. The van der Waals surface area contributed by atoms with E-state index in [1.165, 1.54) is 18.2 Å². The fraction of sp³-hybridized carbons (Fsp3) is 0.300. The third-order valence-corrected chi connectivity index (χ3v) is 2.01. The van der Waals surface area contributed by atoms with Gasteiger partial charge < -0.3 is 9.47 Å². The lowest BCUT2D eigenvalue weighted by atomic mass is 10.1. The van der Waals surface area contributed by atoms with Crippen LogP contribution in [0.4, 0.5) is 13.2 Å². The molecule has 0 aliphatic carbocycles. The highest BCUT2D eigenvalue weighted by Gasteiger charge is 2.29. The molecule has 6 heteroatoms. The molecule has 0 radical (unpaired) electrons. The average Bonchev–Trinajstić information content (AvgIpc) is 2.56. The van der Waals surface area contributed by atoms with Crippen molar-refractivity contribution in [3.63, 3.8) is 0 Å². The first-order valence-corrected chi connectivity index (χ1v) is 4.45. The van der Waals surface area contributed by atoms with Crippen LogP contribution in [0.5, 0.6) is 11.5 Å². The molecular formula is C10H7F3O3. The highest BCUT2D eigenvalue weighted by Crippen LogP contribution is 2.30. The molecule has 0 atom stereocenters. The Balaban J connectivity index is 2.11.